The van der Waals surface area contributed by atoms with Crippen molar-refractivity contribution in [1.29, 1.82) is 0 Å². The summed E-state index contributed by atoms with van der Waals surface area (Å²) < 4.78 is 0.908. The van der Waals surface area contributed by atoms with Crippen LogP contribution in [0.2, 0.25) is 0 Å². The van der Waals surface area contributed by atoms with Crippen LogP contribution in [0.5, 0.6) is 0 Å². The fraction of sp³-hybridized carbons (Fsp3) is 0.200. The van der Waals surface area contributed by atoms with Crippen LogP contribution in [0.25, 0.3) is 0 Å². The standard InChI is InChI=1S/C10H10BrN3S/c1-6-2-3-9(13-6)14-10-8(15)4-7(11)5-12-10/h2,4-5,15H,3H2,1H3,(H,12,13,14). The van der Waals surface area contributed by atoms with E-state index in [1.54, 1.807) is 6.20 Å². The second-order valence-electron chi connectivity index (χ2n) is 3.27. The molecular formula is C10H10BrN3S. The largest absolute Gasteiger partial charge is 0.348 e. The van der Waals surface area contributed by atoms with E-state index < -0.39 is 0 Å². The van der Waals surface area contributed by atoms with Crippen molar-refractivity contribution in [3.63, 3.8) is 0 Å². The summed E-state index contributed by atoms with van der Waals surface area (Å²) in [5.74, 6) is 1.56. The van der Waals surface area contributed by atoms with Crippen molar-refractivity contribution in [3.8, 4) is 0 Å². The van der Waals surface area contributed by atoms with Crippen molar-refractivity contribution in [2.45, 2.75) is 18.2 Å². The zero-order valence-corrected chi connectivity index (χ0v) is 10.6. The molecule has 0 saturated heterocycles. The van der Waals surface area contributed by atoms with E-state index in [0.717, 1.165) is 27.3 Å². The topological polar surface area (TPSA) is 37.3 Å². The Balaban J connectivity index is 2.25. The van der Waals surface area contributed by atoms with E-state index in [1.807, 2.05) is 13.0 Å². The van der Waals surface area contributed by atoms with Crippen LogP contribution in [0.4, 0.5) is 5.82 Å². The summed E-state index contributed by atoms with van der Waals surface area (Å²) in [6, 6.07) is 1.88. The molecule has 0 bridgehead atoms. The van der Waals surface area contributed by atoms with E-state index >= 15 is 0 Å². The molecule has 0 saturated carbocycles. The first-order valence-electron chi connectivity index (χ1n) is 4.51. The van der Waals surface area contributed by atoms with Crippen LogP contribution in [0.15, 0.2) is 38.4 Å². The molecule has 1 aliphatic heterocycles. The maximum Gasteiger partial charge on any atom is 0.167 e. The van der Waals surface area contributed by atoms with Gasteiger partial charge in [-0.1, -0.05) is 6.08 Å². The Morgan fingerprint density at radius 3 is 3.00 bits per heavy atom. The number of aliphatic imine (C=N–C) groups is 1. The zero-order valence-electron chi connectivity index (χ0n) is 8.16. The maximum absolute atomic E-state index is 4.39. The molecule has 5 heteroatoms. The average molecular weight is 284 g/mol. The van der Waals surface area contributed by atoms with Gasteiger partial charge in [-0.25, -0.2) is 9.98 Å². The third kappa shape index (κ3) is 2.60. The molecule has 0 atom stereocenters. The first kappa shape index (κ1) is 10.7. The first-order valence-corrected chi connectivity index (χ1v) is 5.75. The van der Waals surface area contributed by atoms with Gasteiger partial charge in [-0.3, -0.25) is 0 Å². The molecule has 78 valence electrons. The molecule has 0 fully saturated rings. The monoisotopic (exact) mass is 283 g/mol. The van der Waals surface area contributed by atoms with Gasteiger partial charge in [0.15, 0.2) is 5.82 Å². The Labute approximate surface area is 102 Å². The number of rotatable bonds is 1. The van der Waals surface area contributed by atoms with Crippen molar-refractivity contribution in [3.05, 3.63) is 28.5 Å². The highest BCUT2D eigenvalue weighted by Gasteiger charge is 2.07. The lowest BCUT2D eigenvalue weighted by Crippen LogP contribution is -2.13. The van der Waals surface area contributed by atoms with Gasteiger partial charge >= 0.3 is 0 Å². The second kappa shape index (κ2) is 4.37. The predicted molar refractivity (Wildman–Crippen MR) is 67.8 cm³/mol. The van der Waals surface area contributed by atoms with Crippen LogP contribution in [-0.2, 0) is 0 Å². The summed E-state index contributed by atoms with van der Waals surface area (Å²) in [5, 5.41) is 3.17. The fourth-order valence-corrected chi connectivity index (χ4v) is 2.04. The van der Waals surface area contributed by atoms with Gasteiger partial charge in [0.25, 0.3) is 0 Å². The molecule has 0 radical (unpaired) electrons. The molecule has 15 heavy (non-hydrogen) atoms. The molecule has 0 amide bonds. The van der Waals surface area contributed by atoms with E-state index in [-0.39, 0.29) is 0 Å². The van der Waals surface area contributed by atoms with E-state index in [4.69, 9.17) is 0 Å². The summed E-state index contributed by atoms with van der Waals surface area (Å²) in [6.07, 6.45) is 4.64. The highest BCUT2D eigenvalue weighted by Crippen LogP contribution is 2.24. The van der Waals surface area contributed by atoms with Crippen LogP contribution in [-0.4, -0.2) is 10.8 Å². The van der Waals surface area contributed by atoms with Crippen LogP contribution in [0.3, 0.4) is 0 Å². The molecule has 0 unspecified atom stereocenters. The number of halogens is 1. The summed E-state index contributed by atoms with van der Waals surface area (Å²) >= 11 is 7.65. The van der Waals surface area contributed by atoms with Gasteiger partial charge in [-0.05, 0) is 28.9 Å². The average Bonchev–Trinajstić information content (AvgIpc) is 2.56. The Morgan fingerprint density at radius 2 is 2.40 bits per heavy atom. The number of hydrogen-bond donors (Lipinski definition) is 2. The number of amidine groups is 1. The quantitative estimate of drug-likeness (QED) is 0.778. The molecular weight excluding hydrogens is 274 g/mol. The Hall–Kier alpha value is -0.810. The normalized spacial score (nSPS) is 17.8. The van der Waals surface area contributed by atoms with Crippen molar-refractivity contribution < 1.29 is 0 Å². The number of nitrogens with zero attached hydrogens (tertiary/aromatic N) is 2. The van der Waals surface area contributed by atoms with Crippen molar-refractivity contribution in [2.75, 3.05) is 0 Å². The maximum atomic E-state index is 4.39. The highest BCUT2D eigenvalue weighted by molar-refractivity contribution is 9.10. The van der Waals surface area contributed by atoms with E-state index in [2.05, 4.69) is 49.9 Å². The molecule has 1 aromatic rings. The number of aromatic nitrogens is 1. The van der Waals surface area contributed by atoms with Crippen LogP contribution in [0, 0.1) is 0 Å². The Kier molecular flexibility index (Phi) is 3.11. The number of allylic oxidation sites excluding steroid dienone is 1. The summed E-state index contributed by atoms with van der Waals surface area (Å²) in [4.78, 5) is 9.35. The van der Waals surface area contributed by atoms with Crippen molar-refractivity contribution in [2.24, 2.45) is 4.99 Å². The van der Waals surface area contributed by atoms with Crippen molar-refractivity contribution >= 4 is 40.2 Å². The van der Waals surface area contributed by atoms with E-state index in [1.165, 1.54) is 0 Å². The molecule has 1 aromatic heterocycles. The number of hydrogen-bond acceptors (Lipinski definition) is 3. The van der Waals surface area contributed by atoms with Gasteiger partial charge in [0, 0.05) is 22.8 Å². The minimum absolute atomic E-state index is 0.645. The van der Waals surface area contributed by atoms with Crippen LogP contribution >= 0.6 is 28.6 Å². The number of thiol groups is 1. The zero-order chi connectivity index (χ0) is 10.8. The van der Waals surface area contributed by atoms with Gasteiger partial charge in [0.05, 0.1) is 4.90 Å². The van der Waals surface area contributed by atoms with Gasteiger partial charge in [-0.15, -0.1) is 12.6 Å². The highest BCUT2D eigenvalue weighted by atomic mass is 79.9. The van der Waals surface area contributed by atoms with Crippen molar-refractivity contribution in [1.82, 2.24) is 10.3 Å². The summed E-state index contributed by atoms with van der Waals surface area (Å²) in [7, 11) is 0. The van der Waals surface area contributed by atoms with Gasteiger partial charge in [0.2, 0.25) is 0 Å². The molecule has 0 aliphatic carbocycles. The molecule has 0 aromatic carbocycles. The van der Waals surface area contributed by atoms with Gasteiger partial charge in [-0.2, -0.15) is 0 Å². The third-order valence-electron chi connectivity index (χ3n) is 2.00. The molecule has 0 spiro atoms. The van der Waals surface area contributed by atoms with Gasteiger partial charge in [0.1, 0.15) is 5.84 Å². The SMILES string of the molecule is CC1=CC/C(=N\c2ncc(Br)cc2S)N1. The summed E-state index contributed by atoms with van der Waals surface area (Å²) in [6.45, 7) is 2.01. The minimum atomic E-state index is 0.645. The molecule has 1 N–H and O–H groups in total. The third-order valence-corrected chi connectivity index (χ3v) is 2.76. The first-order chi connectivity index (χ1) is 7.15. The van der Waals surface area contributed by atoms with E-state index in [9.17, 15) is 0 Å². The van der Waals surface area contributed by atoms with Crippen LogP contribution < -0.4 is 5.32 Å². The number of pyridine rings is 1. The number of nitrogens with one attached hydrogen (secondary N) is 1. The van der Waals surface area contributed by atoms with Crippen LogP contribution in [0.1, 0.15) is 13.3 Å². The minimum Gasteiger partial charge on any atom is -0.348 e. The molecule has 1 aliphatic rings. The Bertz CT molecular complexity index is 454. The molecule has 2 rings (SSSR count). The lowest BCUT2D eigenvalue weighted by Gasteiger charge is -2.02. The predicted octanol–water partition coefficient (Wildman–Crippen LogP) is 3.06. The Morgan fingerprint density at radius 1 is 1.60 bits per heavy atom. The molecule has 2 heterocycles. The smallest absolute Gasteiger partial charge is 0.167 e. The lowest BCUT2D eigenvalue weighted by molar-refractivity contribution is 1.12. The van der Waals surface area contributed by atoms with Gasteiger partial charge < -0.3 is 5.32 Å². The summed E-state index contributed by atoms with van der Waals surface area (Å²) in [5.41, 5.74) is 1.13. The lowest BCUT2D eigenvalue weighted by atomic mass is 10.4. The fourth-order valence-electron chi connectivity index (χ4n) is 1.29. The molecule has 3 nitrogen and oxygen atoms in total. The second-order valence-corrected chi connectivity index (χ2v) is 4.67. The van der Waals surface area contributed by atoms with E-state index in [0.29, 0.717) is 5.82 Å².